The lowest BCUT2D eigenvalue weighted by atomic mass is 10.1. The molecule has 146 valence electrons. The van der Waals surface area contributed by atoms with Gasteiger partial charge in [-0.3, -0.25) is 10.1 Å². The summed E-state index contributed by atoms with van der Waals surface area (Å²) in [6.45, 7) is 4.78. The summed E-state index contributed by atoms with van der Waals surface area (Å²) in [4.78, 5) is 15.9. The standard InChI is InChI=1S/C20H20BrN3O3S/c21-16-3-1-2-15(11-16)19(25)22-20(28)24-8-6-23(7-9-24)12-14-4-5-17-18(10-14)27-13-26-17/h1-5,10-11H,6-9,12-13H2,(H,22,25,28)/p+1. The van der Waals surface area contributed by atoms with Gasteiger partial charge in [-0.1, -0.05) is 22.0 Å². The van der Waals surface area contributed by atoms with Gasteiger partial charge in [0, 0.05) is 15.6 Å². The van der Waals surface area contributed by atoms with Gasteiger partial charge < -0.3 is 19.3 Å². The molecule has 0 aromatic heterocycles. The van der Waals surface area contributed by atoms with Crippen LogP contribution in [0.25, 0.3) is 0 Å². The monoisotopic (exact) mass is 462 g/mol. The zero-order valence-electron chi connectivity index (χ0n) is 15.2. The number of benzene rings is 2. The van der Waals surface area contributed by atoms with Crippen molar-refractivity contribution in [1.29, 1.82) is 0 Å². The fraction of sp³-hybridized carbons (Fsp3) is 0.300. The normalized spacial score (nSPS) is 16.1. The number of halogens is 1. The van der Waals surface area contributed by atoms with Gasteiger partial charge in [-0.25, -0.2) is 0 Å². The van der Waals surface area contributed by atoms with E-state index in [1.54, 1.807) is 12.1 Å². The Labute approximate surface area is 177 Å². The van der Waals surface area contributed by atoms with Crippen molar-refractivity contribution in [2.24, 2.45) is 0 Å². The molecule has 0 bridgehead atoms. The minimum absolute atomic E-state index is 0.179. The van der Waals surface area contributed by atoms with Gasteiger partial charge >= 0.3 is 0 Å². The van der Waals surface area contributed by atoms with E-state index in [0.29, 0.717) is 17.5 Å². The molecule has 2 N–H and O–H groups in total. The van der Waals surface area contributed by atoms with Crippen molar-refractivity contribution in [3.05, 3.63) is 58.1 Å². The summed E-state index contributed by atoms with van der Waals surface area (Å²) < 4.78 is 11.7. The molecule has 0 atom stereocenters. The maximum atomic E-state index is 12.4. The number of nitrogens with zero attached hydrogens (tertiary/aromatic N) is 1. The van der Waals surface area contributed by atoms with Gasteiger partial charge in [0.05, 0.1) is 26.2 Å². The number of carbonyl (C=O) groups is 1. The first kappa shape index (κ1) is 19.2. The van der Waals surface area contributed by atoms with Gasteiger partial charge in [0.1, 0.15) is 6.54 Å². The Morgan fingerprint density at radius 2 is 1.93 bits per heavy atom. The molecule has 8 heteroatoms. The molecule has 0 unspecified atom stereocenters. The van der Waals surface area contributed by atoms with Crippen LogP contribution in [-0.4, -0.2) is 48.9 Å². The zero-order chi connectivity index (χ0) is 19.5. The van der Waals surface area contributed by atoms with Gasteiger partial charge in [-0.2, -0.15) is 0 Å². The quantitative estimate of drug-likeness (QED) is 0.678. The average Bonchev–Trinajstić information content (AvgIpc) is 3.16. The van der Waals surface area contributed by atoms with Crippen molar-refractivity contribution in [3.8, 4) is 11.5 Å². The number of nitrogens with one attached hydrogen (secondary N) is 2. The molecule has 0 spiro atoms. The number of quaternary nitrogens is 1. The third kappa shape index (κ3) is 4.45. The molecule has 2 aromatic carbocycles. The SMILES string of the molecule is O=C(NC(=S)N1CC[NH+](Cc2ccc3c(c2)OCO3)CC1)c1cccc(Br)c1. The van der Waals surface area contributed by atoms with Crippen LogP contribution in [0.4, 0.5) is 0 Å². The molecular formula is C20H21BrN3O3S+. The van der Waals surface area contributed by atoms with Crippen LogP contribution in [-0.2, 0) is 6.54 Å². The smallest absolute Gasteiger partial charge is 0.257 e. The average molecular weight is 463 g/mol. The van der Waals surface area contributed by atoms with Crippen LogP contribution in [0.15, 0.2) is 46.9 Å². The third-order valence-corrected chi connectivity index (χ3v) is 5.81. The molecule has 28 heavy (non-hydrogen) atoms. The topological polar surface area (TPSA) is 55.2 Å². The Balaban J connectivity index is 1.27. The molecule has 1 fully saturated rings. The highest BCUT2D eigenvalue weighted by Crippen LogP contribution is 2.32. The van der Waals surface area contributed by atoms with E-state index >= 15 is 0 Å². The van der Waals surface area contributed by atoms with Crippen molar-refractivity contribution in [2.45, 2.75) is 6.54 Å². The minimum Gasteiger partial charge on any atom is -0.454 e. The van der Waals surface area contributed by atoms with E-state index < -0.39 is 0 Å². The number of hydrogen-bond donors (Lipinski definition) is 2. The molecule has 2 aliphatic rings. The fourth-order valence-corrected chi connectivity index (χ4v) is 4.09. The number of piperazine rings is 1. The molecule has 2 aliphatic heterocycles. The van der Waals surface area contributed by atoms with E-state index in [0.717, 1.165) is 48.7 Å². The Kier molecular flexibility index (Phi) is 5.79. The Morgan fingerprint density at radius 1 is 1.14 bits per heavy atom. The van der Waals surface area contributed by atoms with Crippen molar-refractivity contribution in [2.75, 3.05) is 33.0 Å². The van der Waals surface area contributed by atoms with Crippen molar-refractivity contribution >= 4 is 39.2 Å². The van der Waals surface area contributed by atoms with Crippen LogP contribution in [0.3, 0.4) is 0 Å². The van der Waals surface area contributed by atoms with E-state index in [2.05, 4.69) is 38.3 Å². The van der Waals surface area contributed by atoms with E-state index in [9.17, 15) is 4.79 Å². The molecule has 1 saturated heterocycles. The predicted octanol–water partition coefficient (Wildman–Crippen LogP) is 1.59. The third-order valence-electron chi connectivity index (χ3n) is 4.96. The summed E-state index contributed by atoms with van der Waals surface area (Å²) in [6, 6.07) is 13.4. The Bertz CT molecular complexity index is 900. The highest BCUT2D eigenvalue weighted by molar-refractivity contribution is 9.10. The molecule has 2 aromatic rings. The Hall–Kier alpha value is -2.16. The lowest BCUT2D eigenvalue weighted by Crippen LogP contribution is -3.13. The summed E-state index contributed by atoms with van der Waals surface area (Å²) >= 11 is 8.83. The van der Waals surface area contributed by atoms with E-state index in [1.807, 2.05) is 18.2 Å². The zero-order valence-corrected chi connectivity index (χ0v) is 17.6. The minimum atomic E-state index is -0.179. The van der Waals surface area contributed by atoms with E-state index in [-0.39, 0.29) is 5.91 Å². The maximum absolute atomic E-state index is 12.4. The van der Waals surface area contributed by atoms with Crippen LogP contribution in [0, 0.1) is 0 Å². The van der Waals surface area contributed by atoms with Crippen molar-refractivity contribution in [3.63, 3.8) is 0 Å². The first-order valence-corrected chi connectivity index (χ1v) is 10.4. The largest absolute Gasteiger partial charge is 0.454 e. The molecule has 6 nitrogen and oxygen atoms in total. The highest BCUT2D eigenvalue weighted by Gasteiger charge is 2.24. The number of ether oxygens (including phenoxy) is 2. The van der Waals surface area contributed by atoms with Crippen molar-refractivity contribution in [1.82, 2.24) is 10.2 Å². The molecule has 4 rings (SSSR count). The van der Waals surface area contributed by atoms with Gasteiger partial charge in [-0.05, 0) is 48.6 Å². The van der Waals surface area contributed by atoms with Crippen LogP contribution in [0.5, 0.6) is 11.5 Å². The van der Waals surface area contributed by atoms with Crippen LogP contribution in [0.2, 0.25) is 0 Å². The number of fused-ring (bicyclic) bond motifs is 1. The molecule has 1 amide bonds. The van der Waals surface area contributed by atoms with Crippen LogP contribution >= 0.6 is 28.1 Å². The van der Waals surface area contributed by atoms with Crippen molar-refractivity contribution < 1.29 is 19.2 Å². The van der Waals surface area contributed by atoms with Crippen LogP contribution < -0.4 is 19.7 Å². The first-order chi connectivity index (χ1) is 13.6. The lowest BCUT2D eigenvalue weighted by molar-refractivity contribution is -0.917. The van der Waals surface area contributed by atoms with Gasteiger partial charge in [0.2, 0.25) is 6.79 Å². The summed E-state index contributed by atoms with van der Waals surface area (Å²) in [7, 11) is 0. The van der Waals surface area contributed by atoms with E-state index in [1.165, 1.54) is 10.5 Å². The second kappa shape index (κ2) is 8.46. The number of rotatable bonds is 3. The second-order valence-electron chi connectivity index (χ2n) is 6.87. The Morgan fingerprint density at radius 3 is 2.71 bits per heavy atom. The first-order valence-electron chi connectivity index (χ1n) is 9.16. The number of amides is 1. The lowest BCUT2D eigenvalue weighted by Gasteiger charge is -2.33. The highest BCUT2D eigenvalue weighted by atomic mass is 79.9. The maximum Gasteiger partial charge on any atom is 0.257 e. The summed E-state index contributed by atoms with van der Waals surface area (Å²) in [6.07, 6.45) is 0. The number of carbonyl (C=O) groups excluding carboxylic acids is 1. The summed E-state index contributed by atoms with van der Waals surface area (Å²) in [5, 5.41) is 3.34. The number of hydrogen-bond acceptors (Lipinski definition) is 4. The van der Waals surface area contributed by atoms with Gasteiger partial charge in [0.25, 0.3) is 5.91 Å². The van der Waals surface area contributed by atoms with Crippen LogP contribution in [0.1, 0.15) is 15.9 Å². The second-order valence-corrected chi connectivity index (χ2v) is 8.17. The van der Waals surface area contributed by atoms with Gasteiger partial charge in [0.15, 0.2) is 16.6 Å². The predicted molar refractivity (Wildman–Crippen MR) is 113 cm³/mol. The molecule has 0 saturated carbocycles. The number of thiocarbonyl (C=S) groups is 1. The summed E-state index contributed by atoms with van der Waals surface area (Å²) in [5.74, 6) is 1.46. The van der Waals surface area contributed by atoms with Gasteiger partial charge in [-0.15, -0.1) is 0 Å². The molecule has 0 radical (unpaired) electrons. The fourth-order valence-electron chi connectivity index (χ4n) is 3.42. The summed E-state index contributed by atoms with van der Waals surface area (Å²) in [5.41, 5.74) is 1.82. The molecule has 0 aliphatic carbocycles. The molecular weight excluding hydrogens is 442 g/mol. The van der Waals surface area contributed by atoms with E-state index in [4.69, 9.17) is 21.7 Å². The molecule has 2 heterocycles.